The van der Waals surface area contributed by atoms with E-state index in [1.807, 2.05) is 0 Å². The number of nitrogens with two attached hydrogens (primary N) is 1. The lowest BCUT2D eigenvalue weighted by atomic mass is 9.89. The van der Waals surface area contributed by atoms with E-state index >= 15 is 0 Å². The molecule has 3 atom stereocenters. The molecule has 1 aromatic rings. The largest absolute Gasteiger partial charge is 0.330 e. The molecule has 2 N–H and O–H groups in total. The fourth-order valence-electron chi connectivity index (χ4n) is 4.00. The summed E-state index contributed by atoms with van der Waals surface area (Å²) in [6, 6.07) is 1.51. The maximum Gasteiger partial charge on any atom is 0.330 e. The van der Waals surface area contributed by atoms with Crippen LogP contribution in [0.4, 0.5) is 0 Å². The van der Waals surface area contributed by atoms with Gasteiger partial charge in [-0.25, -0.2) is 4.79 Å². The van der Waals surface area contributed by atoms with Crippen molar-refractivity contribution in [3.05, 3.63) is 33.1 Å². The van der Waals surface area contributed by atoms with Crippen LogP contribution in [0.25, 0.3) is 0 Å². The highest BCUT2D eigenvalue weighted by Crippen LogP contribution is 2.48. The zero-order valence-corrected chi connectivity index (χ0v) is 11.8. The molecule has 0 radical (unpaired) electrons. The second-order valence-electron chi connectivity index (χ2n) is 6.32. The highest BCUT2D eigenvalue weighted by Gasteiger charge is 2.39. The van der Waals surface area contributed by atoms with Gasteiger partial charge in [-0.2, -0.15) is 0 Å². The van der Waals surface area contributed by atoms with Crippen molar-refractivity contribution in [2.75, 3.05) is 6.54 Å². The van der Waals surface area contributed by atoms with E-state index in [2.05, 4.69) is 0 Å². The Morgan fingerprint density at radius 1 is 1.25 bits per heavy atom. The molecular weight excluding hydrogens is 254 g/mol. The molecule has 5 heteroatoms. The second-order valence-corrected chi connectivity index (χ2v) is 6.32. The van der Waals surface area contributed by atoms with Gasteiger partial charge in [0.05, 0.1) is 0 Å². The molecule has 0 saturated heterocycles. The van der Waals surface area contributed by atoms with Crippen LogP contribution in [0.5, 0.6) is 0 Å². The molecule has 1 heterocycles. The number of nitrogens with zero attached hydrogens (tertiary/aromatic N) is 2. The molecule has 0 aliphatic heterocycles. The molecule has 5 nitrogen and oxygen atoms in total. The molecule has 0 aromatic carbocycles. The van der Waals surface area contributed by atoms with Crippen LogP contribution in [-0.4, -0.2) is 15.7 Å². The fourth-order valence-corrected chi connectivity index (χ4v) is 4.00. The van der Waals surface area contributed by atoms with Crippen molar-refractivity contribution in [3.63, 3.8) is 0 Å². The van der Waals surface area contributed by atoms with E-state index < -0.39 is 0 Å². The Labute approximate surface area is 118 Å². The fraction of sp³-hybridized carbons (Fsp3) is 0.733. The molecule has 110 valence electrons. The third-order valence-electron chi connectivity index (χ3n) is 5.04. The van der Waals surface area contributed by atoms with Gasteiger partial charge in [-0.05, 0) is 50.0 Å². The molecule has 2 bridgehead atoms. The minimum atomic E-state index is -0.215. The molecule has 0 amide bonds. The lowest BCUT2D eigenvalue weighted by molar-refractivity contribution is 0.288. The Balaban J connectivity index is 1.80. The number of aromatic nitrogens is 2. The maximum atomic E-state index is 12.4. The second kappa shape index (κ2) is 5.56. The molecule has 2 aliphatic rings. The summed E-state index contributed by atoms with van der Waals surface area (Å²) >= 11 is 0. The van der Waals surface area contributed by atoms with E-state index in [0.29, 0.717) is 25.4 Å². The van der Waals surface area contributed by atoms with Gasteiger partial charge in [0, 0.05) is 25.4 Å². The molecule has 20 heavy (non-hydrogen) atoms. The topological polar surface area (TPSA) is 70.0 Å². The normalized spacial score (nSPS) is 28.1. The third kappa shape index (κ3) is 2.46. The van der Waals surface area contributed by atoms with Gasteiger partial charge in [-0.3, -0.25) is 9.36 Å². The van der Waals surface area contributed by atoms with E-state index in [1.54, 1.807) is 10.8 Å². The number of hydrogen-bond acceptors (Lipinski definition) is 3. The summed E-state index contributed by atoms with van der Waals surface area (Å²) in [5, 5.41) is 0. The van der Waals surface area contributed by atoms with E-state index in [9.17, 15) is 9.59 Å². The summed E-state index contributed by atoms with van der Waals surface area (Å²) in [6.07, 6.45) is 7.59. The first-order valence-corrected chi connectivity index (χ1v) is 7.69. The first-order valence-electron chi connectivity index (χ1n) is 7.69. The maximum absolute atomic E-state index is 12.4. The Hall–Kier alpha value is -1.36. The average molecular weight is 277 g/mol. The molecule has 0 spiro atoms. The van der Waals surface area contributed by atoms with Crippen LogP contribution in [0.15, 0.2) is 21.9 Å². The third-order valence-corrected chi connectivity index (χ3v) is 5.04. The van der Waals surface area contributed by atoms with Crippen LogP contribution < -0.4 is 17.0 Å². The van der Waals surface area contributed by atoms with Crippen LogP contribution in [0, 0.1) is 17.8 Å². The van der Waals surface area contributed by atoms with Crippen molar-refractivity contribution < 1.29 is 0 Å². The quantitative estimate of drug-likeness (QED) is 0.865. The first-order chi connectivity index (χ1) is 9.69. The predicted molar refractivity (Wildman–Crippen MR) is 77.6 cm³/mol. The Bertz CT molecular complexity index is 590. The smallest absolute Gasteiger partial charge is 0.330 e. The van der Waals surface area contributed by atoms with Gasteiger partial charge < -0.3 is 10.3 Å². The van der Waals surface area contributed by atoms with Gasteiger partial charge in [-0.1, -0.05) is 6.42 Å². The van der Waals surface area contributed by atoms with Crippen LogP contribution >= 0.6 is 0 Å². The lowest BCUT2D eigenvalue weighted by Crippen LogP contribution is -2.40. The van der Waals surface area contributed by atoms with E-state index in [1.165, 1.54) is 36.3 Å². The summed E-state index contributed by atoms with van der Waals surface area (Å²) in [5.41, 5.74) is 5.08. The first kappa shape index (κ1) is 13.6. The van der Waals surface area contributed by atoms with Gasteiger partial charge >= 0.3 is 5.69 Å². The highest BCUT2D eigenvalue weighted by molar-refractivity contribution is 4.92. The van der Waals surface area contributed by atoms with E-state index in [-0.39, 0.29) is 11.2 Å². The van der Waals surface area contributed by atoms with Crippen molar-refractivity contribution in [2.45, 2.75) is 45.2 Å². The minimum Gasteiger partial charge on any atom is -0.330 e. The zero-order valence-electron chi connectivity index (χ0n) is 11.8. The van der Waals surface area contributed by atoms with Crippen molar-refractivity contribution in [2.24, 2.45) is 23.5 Å². The molecular formula is C15H23N3O2. The van der Waals surface area contributed by atoms with Crippen molar-refractivity contribution in [3.8, 4) is 0 Å². The number of rotatable bonds is 5. The number of hydrogen-bond donors (Lipinski definition) is 1. The van der Waals surface area contributed by atoms with Gasteiger partial charge in [0.1, 0.15) is 0 Å². The summed E-state index contributed by atoms with van der Waals surface area (Å²) in [6.45, 7) is 1.68. The Morgan fingerprint density at radius 2 is 2.10 bits per heavy atom. The van der Waals surface area contributed by atoms with Crippen molar-refractivity contribution in [1.29, 1.82) is 0 Å². The van der Waals surface area contributed by atoms with Gasteiger partial charge in [0.2, 0.25) is 0 Å². The summed E-state index contributed by atoms with van der Waals surface area (Å²) in [5.74, 6) is 2.28. The van der Waals surface area contributed by atoms with Gasteiger partial charge in [0.15, 0.2) is 0 Å². The van der Waals surface area contributed by atoms with Gasteiger partial charge in [-0.15, -0.1) is 0 Å². The molecule has 1 aromatic heterocycles. The summed E-state index contributed by atoms with van der Waals surface area (Å²) in [7, 11) is 0. The van der Waals surface area contributed by atoms with Crippen molar-refractivity contribution in [1.82, 2.24) is 9.13 Å². The Morgan fingerprint density at radius 3 is 2.75 bits per heavy atom. The zero-order chi connectivity index (χ0) is 14.1. The minimum absolute atomic E-state index is 0.172. The Kier molecular flexibility index (Phi) is 3.78. The van der Waals surface area contributed by atoms with E-state index in [0.717, 1.165) is 18.4 Å². The predicted octanol–water partition coefficient (Wildman–Crippen LogP) is 0.795. The van der Waals surface area contributed by atoms with Crippen LogP contribution in [0.2, 0.25) is 0 Å². The molecule has 3 unspecified atom stereocenters. The molecule has 2 fully saturated rings. The standard InChI is InChI=1S/C15H23N3O2/c16-5-1-6-18-14(19)4-7-17(15(18)20)10-13-9-11-2-3-12(13)8-11/h4,7,11-13H,1-3,5-6,8-10,16H2. The van der Waals surface area contributed by atoms with Crippen molar-refractivity contribution >= 4 is 0 Å². The van der Waals surface area contributed by atoms with Crippen LogP contribution in [0.3, 0.4) is 0 Å². The average Bonchev–Trinajstić information content (AvgIpc) is 3.04. The monoisotopic (exact) mass is 277 g/mol. The molecule has 2 aliphatic carbocycles. The SMILES string of the molecule is NCCCn1c(=O)ccn(CC2CC3CCC2C3)c1=O. The summed E-state index contributed by atoms with van der Waals surface area (Å²) < 4.78 is 3.04. The number of fused-ring (bicyclic) bond motifs is 2. The van der Waals surface area contributed by atoms with Crippen LogP contribution in [0.1, 0.15) is 32.1 Å². The lowest BCUT2D eigenvalue weighted by Gasteiger charge is -2.22. The highest BCUT2D eigenvalue weighted by atomic mass is 16.2. The molecule has 3 rings (SSSR count). The van der Waals surface area contributed by atoms with Gasteiger partial charge in [0.25, 0.3) is 5.56 Å². The summed E-state index contributed by atoms with van der Waals surface area (Å²) in [4.78, 5) is 24.1. The van der Waals surface area contributed by atoms with E-state index in [4.69, 9.17) is 5.73 Å². The molecule has 2 saturated carbocycles. The van der Waals surface area contributed by atoms with Crippen LogP contribution in [-0.2, 0) is 13.1 Å².